The van der Waals surface area contributed by atoms with Crippen LogP contribution in [-0.2, 0) is 7.05 Å². The van der Waals surface area contributed by atoms with E-state index in [1.165, 1.54) is 18.0 Å². The molecule has 0 unspecified atom stereocenters. The molecule has 2 heterocycles. The number of halogens is 1. The maximum Gasteiger partial charge on any atom is 0.272 e. The molecule has 0 saturated carbocycles. The molecule has 1 atom stereocenters. The number of benzene rings is 1. The van der Waals surface area contributed by atoms with Crippen LogP contribution in [0.4, 0.5) is 0 Å². The molecule has 0 aliphatic carbocycles. The molecule has 3 aromatic rings. The van der Waals surface area contributed by atoms with Crippen molar-refractivity contribution in [3.63, 3.8) is 0 Å². The molecule has 1 N–H and O–H groups in total. The number of rotatable bonds is 6. The topological polar surface area (TPSA) is 81.9 Å². The number of aromatic nitrogens is 4. The molecule has 140 valence electrons. The molecule has 7 nitrogen and oxygen atoms in total. The van der Waals surface area contributed by atoms with Crippen molar-refractivity contribution in [1.82, 2.24) is 24.8 Å². The number of nitrogens with zero attached hydrogens (tertiary/aromatic N) is 4. The number of hydrogen-bond donors (Lipinski definition) is 1. The van der Waals surface area contributed by atoms with Gasteiger partial charge in [-0.3, -0.25) is 4.79 Å². The van der Waals surface area contributed by atoms with Crippen molar-refractivity contribution in [2.75, 3.05) is 13.4 Å². The molecule has 3 rings (SSSR count). The SMILES string of the molecule is COc1ccc([C@H](NC(=O)c2nc(SC)ncc2Cl)c2nccn2C)cc1. The maximum atomic E-state index is 12.9. The van der Waals surface area contributed by atoms with Crippen LogP contribution < -0.4 is 10.1 Å². The number of aryl methyl sites for hydroxylation is 1. The lowest BCUT2D eigenvalue weighted by molar-refractivity contribution is 0.0935. The van der Waals surface area contributed by atoms with Gasteiger partial charge in [0.05, 0.1) is 18.3 Å². The molecule has 1 aromatic carbocycles. The predicted molar refractivity (Wildman–Crippen MR) is 104 cm³/mol. The minimum absolute atomic E-state index is 0.128. The van der Waals surface area contributed by atoms with Gasteiger partial charge in [0.1, 0.15) is 17.6 Å². The third-order valence-corrected chi connectivity index (χ3v) is 4.80. The number of ether oxygens (including phenoxy) is 1. The summed E-state index contributed by atoms with van der Waals surface area (Å²) in [6, 6.07) is 6.95. The maximum absolute atomic E-state index is 12.9. The molecule has 1 amide bonds. The molecule has 0 aliphatic heterocycles. The van der Waals surface area contributed by atoms with Gasteiger partial charge < -0.3 is 14.6 Å². The van der Waals surface area contributed by atoms with E-state index in [1.807, 2.05) is 48.3 Å². The fourth-order valence-corrected chi connectivity index (χ4v) is 3.07. The van der Waals surface area contributed by atoms with Gasteiger partial charge in [-0.25, -0.2) is 15.0 Å². The van der Waals surface area contributed by atoms with E-state index in [2.05, 4.69) is 20.3 Å². The Morgan fingerprint density at radius 2 is 2.04 bits per heavy atom. The minimum Gasteiger partial charge on any atom is -0.497 e. The number of imidazole rings is 1. The third-order valence-electron chi connectivity index (χ3n) is 3.96. The van der Waals surface area contributed by atoms with E-state index in [1.54, 1.807) is 13.3 Å². The summed E-state index contributed by atoms with van der Waals surface area (Å²) in [5.41, 5.74) is 0.984. The van der Waals surface area contributed by atoms with Crippen molar-refractivity contribution >= 4 is 29.3 Å². The van der Waals surface area contributed by atoms with Crippen LogP contribution in [0.2, 0.25) is 5.02 Å². The van der Waals surface area contributed by atoms with Crippen LogP contribution in [0, 0.1) is 0 Å². The van der Waals surface area contributed by atoms with Gasteiger partial charge in [-0.2, -0.15) is 0 Å². The second-order valence-electron chi connectivity index (χ2n) is 5.63. The van der Waals surface area contributed by atoms with Crippen LogP contribution in [0.25, 0.3) is 0 Å². The van der Waals surface area contributed by atoms with Gasteiger partial charge in [-0.05, 0) is 24.0 Å². The Balaban J connectivity index is 1.96. The molecule has 0 spiro atoms. The lowest BCUT2D eigenvalue weighted by Crippen LogP contribution is -2.32. The van der Waals surface area contributed by atoms with Gasteiger partial charge in [-0.15, -0.1) is 0 Å². The first-order valence-electron chi connectivity index (χ1n) is 8.02. The first-order chi connectivity index (χ1) is 13.0. The average Bonchev–Trinajstić information content (AvgIpc) is 3.12. The van der Waals surface area contributed by atoms with Crippen LogP contribution >= 0.6 is 23.4 Å². The zero-order chi connectivity index (χ0) is 19.4. The molecule has 0 saturated heterocycles. The van der Waals surface area contributed by atoms with E-state index in [4.69, 9.17) is 16.3 Å². The van der Waals surface area contributed by atoms with Gasteiger partial charge in [0, 0.05) is 19.4 Å². The summed E-state index contributed by atoms with van der Waals surface area (Å²) in [5.74, 6) is 1.01. The Morgan fingerprint density at radius 1 is 1.30 bits per heavy atom. The molecule has 27 heavy (non-hydrogen) atoms. The number of methoxy groups -OCH3 is 1. The summed E-state index contributed by atoms with van der Waals surface area (Å²) >= 11 is 7.48. The number of amides is 1. The first-order valence-corrected chi connectivity index (χ1v) is 9.62. The van der Waals surface area contributed by atoms with Crippen molar-refractivity contribution in [2.24, 2.45) is 7.05 Å². The summed E-state index contributed by atoms with van der Waals surface area (Å²) in [4.78, 5) is 25.6. The fourth-order valence-electron chi connectivity index (χ4n) is 2.56. The summed E-state index contributed by atoms with van der Waals surface area (Å²) in [7, 11) is 3.47. The van der Waals surface area contributed by atoms with Gasteiger partial charge in [-0.1, -0.05) is 35.5 Å². The zero-order valence-corrected chi connectivity index (χ0v) is 16.6. The Hall–Kier alpha value is -2.58. The highest BCUT2D eigenvalue weighted by Gasteiger charge is 2.24. The Bertz CT molecular complexity index is 945. The van der Waals surface area contributed by atoms with Gasteiger partial charge in [0.25, 0.3) is 5.91 Å². The quantitative estimate of drug-likeness (QED) is 0.503. The van der Waals surface area contributed by atoms with Crippen molar-refractivity contribution < 1.29 is 9.53 Å². The lowest BCUT2D eigenvalue weighted by Gasteiger charge is -2.19. The summed E-state index contributed by atoms with van der Waals surface area (Å²) < 4.78 is 7.06. The number of thioether (sulfide) groups is 1. The Kier molecular flexibility index (Phi) is 5.98. The predicted octanol–water partition coefficient (Wildman–Crippen LogP) is 3.11. The molecule has 0 fully saturated rings. The number of carbonyl (C=O) groups is 1. The largest absolute Gasteiger partial charge is 0.497 e. The molecular formula is C18H18ClN5O2S. The Labute approximate surface area is 166 Å². The average molecular weight is 404 g/mol. The number of carbonyl (C=O) groups excluding carboxylic acids is 1. The molecule has 9 heteroatoms. The molecule has 0 bridgehead atoms. The van der Waals surface area contributed by atoms with E-state index in [-0.39, 0.29) is 10.7 Å². The van der Waals surface area contributed by atoms with Crippen LogP contribution in [-0.4, -0.2) is 38.8 Å². The van der Waals surface area contributed by atoms with E-state index in [9.17, 15) is 4.79 Å². The zero-order valence-electron chi connectivity index (χ0n) is 15.0. The van der Waals surface area contributed by atoms with Gasteiger partial charge in [0.2, 0.25) is 0 Å². The van der Waals surface area contributed by atoms with Crippen LogP contribution in [0.15, 0.2) is 48.0 Å². The number of nitrogens with one attached hydrogen (secondary N) is 1. The van der Waals surface area contributed by atoms with E-state index >= 15 is 0 Å². The lowest BCUT2D eigenvalue weighted by atomic mass is 10.1. The van der Waals surface area contributed by atoms with Crippen molar-refractivity contribution in [3.05, 3.63) is 65.0 Å². The van der Waals surface area contributed by atoms with Crippen molar-refractivity contribution in [3.8, 4) is 5.75 Å². The van der Waals surface area contributed by atoms with Crippen molar-refractivity contribution in [1.29, 1.82) is 0 Å². The fraction of sp³-hybridized carbons (Fsp3) is 0.222. The Morgan fingerprint density at radius 3 is 2.63 bits per heavy atom. The molecule has 0 aliphatic rings. The second-order valence-corrected chi connectivity index (χ2v) is 6.81. The summed E-state index contributed by atoms with van der Waals surface area (Å²) in [6.45, 7) is 0. The first kappa shape index (κ1) is 19.2. The van der Waals surface area contributed by atoms with Gasteiger partial charge in [0.15, 0.2) is 10.9 Å². The third kappa shape index (κ3) is 4.23. The van der Waals surface area contributed by atoms with Gasteiger partial charge >= 0.3 is 0 Å². The summed E-state index contributed by atoms with van der Waals surface area (Å²) in [5, 5.41) is 3.64. The molecular weight excluding hydrogens is 386 g/mol. The van der Waals surface area contributed by atoms with Crippen molar-refractivity contribution in [2.45, 2.75) is 11.2 Å². The van der Waals surface area contributed by atoms with E-state index < -0.39 is 11.9 Å². The monoisotopic (exact) mass is 403 g/mol. The van der Waals surface area contributed by atoms with E-state index in [0.717, 1.165) is 11.3 Å². The van der Waals surface area contributed by atoms with Crippen LogP contribution in [0.3, 0.4) is 0 Å². The van der Waals surface area contributed by atoms with Crippen LogP contribution in [0.1, 0.15) is 27.9 Å². The van der Waals surface area contributed by atoms with E-state index in [0.29, 0.717) is 11.0 Å². The highest BCUT2D eigenvalue weighted by Crippen LogP contribution is 2.24. The molecule has 2 aromatic heterocycles. The highest BCUT2D eigenvalue weighted by molar-refractivity contribution is 7.98. The summed E-state index contributed by atoms with van der Waals surface area (Å²) in [6.07, 6.45) is 6.76. The standard InChI is InChI=1S/C18H18ClN5O2S/c1-24-9-8-20-16(24)14(11-4-6-12(26-2)7-5-11)22-17(25)15-13(19)10-21-18(23-15)27-3/h4-10,14H,1-3H3,(H,22,25)/t14-/m0/s1. The molecule has 0 radical (unpaired) electrons. The highest BCUT2D eigenvalue weighted by atomic mass is 35.5. The van der Waals surface area contributed by atoms with Crippen LogP contribution in [0.5, 0.6) is 5.75 Å². The second kappa shape index (κ2) is 8.41. The minimum atomic E-state index is -0.479. The smallest absolute Gasteiger partial charge is 0.272 e. The number of hydrogen-bond acceptors (Lipinski definition) is 6. The normalized spacial score (nSPS) is 11.9.